The van der Waals surface area contributed by atoms with Crippen molar-refractivity contribution in [3.8, 4) is 12.3 Å². The number of terminal acetylenes is 1. The summed E-state index contributed by atoms with van der Waals surface area (Å²) < 4.78 is 0. The SMILES string of the molecule is C#CCC(O)C=C(C)C. The molecular formula is C8H12O. The van der Waals surface area contributed by atoms with Crippen LogP contribution in [0.25, 0.3) is 0 Å². The van der Waals surface area contributed by atoms with Gasteiger partial charge >= 0.3 is 0 Å². The van der Waals surface area contributed by atoms with Crippen LogP contribution in [0.5, 0.6) is 0 Å². The molecule has 0 bridgehead atoms. The molecule has 0 aliphatic carbocycles. The molecule has 0 aliphatic heterocycles. The summed E-state index contributed by atoms with van der Waals surface area (Å²) in [4.78, 5) is 0. The van der Waals surface area contributed by atoms with E-state index in [1.165, 1.54) is 0 Å². The summed E-state index contributed by atoms with van der Waals surface area (Å²) in [5.41, 5.74) is 1.10. The molecule has 0 saturated heterocycles. The minimum absolute atomic E-state index is 0.408. The summed E-state index contributed by atoms with van der Waals surface area (Å²) in [7, 11) is 0. The van der Waals surface area contributed by atoms with Crippen LogP contribution in [-0.2, 0) is 0 Å². The van der Waals surface area contributed by atoms with E-state index in [0.717, 1.165) is 5.57 Å². The van der Waals surface area contributed by atoms with Gasteiger partial charge in [-0.25, -0.2) is 0 Å². The second kappa shape index (κ2) is 4.17. The lowest BCUT2D eigenvalue weighted by atomic mass is 10.2. The minimum atomic E-state index is -0.458. The highest BCUT2D eigenvalue weighted by Gasteiger charge is 1.93. The van der Waals surface area contributed by atoms with Crippen molar-refractivity contribution in [1.82, 2.24) is 0 Å². The number of aliphatic hydroxyl groups is 1. The van der Waals surface area contributed by atoms with Gasteiger partial charge in [-0.15, -0.1) is 12.3 Å². The van der Waals surface area contributed by atoms with Gasteiger partial charge in [-0.2, -0.15) is 0 Å². The smallest absolute Gasteiger partial charge is 0.0832 e. The van der Waals surface area contributed by atoms with Crippen molar-refractivity contribution >= 4 is 0 Å². The quantitative estimate of drug-likeness (QED) is 0.435. The van der Waals surface area contributed by atoms with Crippen molar-refractivity contribution in [3.63, 3.8) is 0 Å². The maximum Gasteiger partial charge on any atom is 0.0832 e. The Morgan fingerprint density at radius 2 is 2.33 bits per heavy atom. The first-order valence-corrected chi connectivity index (χ1v) is 2.93. The van der Waals surface area contributed by atoms with Crippen LogP contribution in [0.15, 0.2) is 11.6 Å². The average molecular weight is 124 g/mol. The first-order chi connectivity index (χ1) is 4.16. The van der Waals surface area contributed by atoms with Gasteiger partial charge in [0, 0.05) is 6.42 Å². The Bertz CT molecular complexity index is 135. The molecule has 1 atom stereocenters. The number of hydrogen-bond donors (Lipinski definition) is 1. The fraction of sp³-hybridized carbons (Fsp3) is 0.500. The van der Waals surface area contributed by atoms with Gasteiger partial charge in [-0.1, -0.05) is 11.6 Å². The lowest BCUT2D eigenvalue weighted by Crippen LogP contribution is -1.99. The summed E-state index contributed by atoms with van der Waals surface area (Å²) >= 11 is 0. The van der Waals surface area contributed by atoms with Crippen LogP contribution in [0, 0.1) is 12.3 Å². The molecule has 9 heavy (non-hydrogen) atoms. The van der Waals surface area contributed by atoms with E-state index in [4.69, 9.17) is 11.5 Å². The van der Waals surface area contributed by atoms with Crippen LogP contribution in [0.2, 0.25) is 0 Å². The van der Waals surface area contributed by atoms with Gasteiger partial charge in [0.1, 0.15) is 0 Å². The molecular weight excluding hydrogens is 112 g/mol. The first-order valence-electron chi connectivity index (χ1n) is 2.93. The van der Waals surface area contributed by atoms with Gasteiger partial charge in [-0.3, -0.25) is 0 Å². The topological polar surface area (TPSA) is 20.2 Å². The standard InChI is InChI=1S/C8H12O/c1-4-5-8(9)6-7(2)3/h1,6,8-9H,5H2,2-3H3. The lowest BCUT2D eigenvalue weighted by Gasteiger charge is -1.98. The normalized spacial score (nSPS) is 11.8. The van der Waals surface area contributed by atoms with Crippen LogP contribution in [0.3, 0.4) is 0 Å². The second-order valence-electron chi connectivity index (χ2n) is 2.22. The molecule has 0 aromatic carbocycles. The minimum Gasteiger partial charge on any atom is -0.388 e. The predicted octanol–water partition coefficient (Wildman–Crippen LogP) is 1.34. The molecule has 0 aliphatic rings. The summed E-state index contributed by atoms with van der Waals surface area (Å²) in [6.45, 7) is 3.86. The van der Waals surface area contributed by atoms with Gasteiger partial charge < -0.3 is 5.11 Å². The molecule has 1 unspecified atom stereocenters. The fourth-order valence-electron chi connectivity index (χ4n) is 0.564. The molecule has 0 spiro atoms. The largest absolute Gasteiger partial charge is 0.388 e. The Hall–Kier alpha value is -0.740. The number of aliphatic hydroxyl groups excluding tert-OH is 1. The Morgan fingerprint density at radius 3 is 2.67 bits per heavy atom. The number of allylic oxidation sites excluding steroid dienone is 1. The highest BCUT2D eigenvalue weighted by atomic mass is 16.3. The van der Waals surface area contributed by atoms with E-state index in [0.29, 0.717) is 6.42 Å². The molecule has 0 amide bonds. The Kier molecular flexibility index (Phi) is 3.83. The van der Waals surface area contributed by atoms with Crippen molar-refractivity contribution in [2.75, 3.05) is 0 Å². The molecule has 0 fully saturated rings. The summed E-state index contributed by atoms with van der Waals surface area (Å²) in [5, 5.41) is 9.00. The number of hydrogen-bond acceptors (Lipinski definition) is 1. The monoisotopic (exact) mass is 124 g/mol. The molecule has 0 rings (SSSR count). The van der Waals surface area contributed by atoms with E-state index in [2.05, 4.69) is 5.92 Å². The zero-order valence-corrected chi connectivity index (χ0v) is 5.89. The summed E-state index contributed by atoms with van der Waals surface area (Å²) in [5.74, 6) is 2.38. The third-order valence-electron chi connectivity index (χ3n) is 0.853. The molecule has 50 valence electrons. The van der Waals surface area contributed by atoms with E-state index >= 15 is 0 Å². The van der Waals surface area contributed by atoms with Crippen LogP contribution < -0.4 is 0 Å². The van der Waals surface area contributed by atoms with Crippen molar-refractivity contribution in [3.05, 3.63) is 11.6 Å². The molecule has 0 radical (unpaired) electrons. The fourth-order valence-corrected chi connectivity index (χ4v) is 0.564. The lowest BCUT2D eigenvalue weighted by molar-refractivity contribution is 0.228. The van der Waals surface area contributed by atoms with Crippen molar-refractivity contribution in [1.29, 1.82) is 0 Å². The van der Waals surface area contributed by atoms with Crippen LogP contribution in [-0.4, -0.2) is 11.2 Å². The van der Waals surface area contributed by atoms with Gasteiger partial charge in [0.2, 0.25) is 0 Å². The third-order valence-corrected chi connectivity index (χ3v) is 0.853. The van der Waals surface area contributed by atoms with Crippen LogP contribution in [0.4, 0.5) is 0 Å². The van der Waals surface area contributed by atoms with Crippen molar-refractivity contribution in [2.24, 2.45) is 0 Å². The van der Waals surface area contributed by atoms with Crippen molar-refractivity contribution < 1.29 is 5.11 Å². The van der Waals surface area contributed by atoms with Gasteiger partial charge in [0.25, 0.3) is 0 Å². The second-order valence-corrected chi connectivity index (χ2v) is 2.22. The van der Waals surface area contributed by atoms with Crippen LogP contribution >= 0.6 is 0 Å². The maximum absolute atomic E-state index is 9.00. The molecule has 1 nitrogen and oxygen atoms in total. The van der Waals surface area contributed by atoms with E-state index < -0.39 is 6.10 Å². The molecule has 0 heterocycles. The molecule has 1 N–H and O–H groups in total. The van der Waals surface area contributed by atoms with Crippen LogP contribution in [0.1, 0.15) is 20.3 Å². The highest BCUT2D eigenvalue weighted by Crippen LogP contribution is 1.96. The molecule has 1 heteroatoms. The zero-order chi connectivity index (χ0) is 7.28. The van der Waals surface area contributed by atoms with Crippen molar-refractivity contribution in [2.45, 2.75) is 26.4 Å². The first kappa shape index (κ1) is 8.26. The van der Waals surface area contributed by atoms with E-state index in [1.54, 1.807) is 6.08 Å². The summed E-state index contributed by atoms with van der Waals surface area (Å²) in [6.07, 6.45) is 6.67. The van der Waals surface area contributed by atoms with Gasteiger partial charge in [-0.05, 0) is 13.8 Å². The molecule has 0 aromatic rings. The Morgan fingerprint density at radius 1 is 1.78 bits per heavy atom. The van der Waals surface area contributed by atoms with E-state index in [-0.39, 0.29) is 0 Å². The predicted molar refractivity (Wildman–Crippen MR) is 38.9 cm³/mol. The molecule has 0 saturated carbocycles. The van der Waals surface area contributed by atoms with E-state index in [1.807, 2.05) is 13.8 Å². The zero-order valence-electron chi connectivity index (χ0n) is 5.89. The van der Waals surface area contributed by atoms with E-state index in [9.17, 15) is 0 Å². The number of rotatable bonds is 2. The van der Waals surface area contributed by atoms with Gasteiger partial charge in [0.15, 0.2) is 0 Å². The average Bonchev–Trinajstić information content (AvgIpc) is 1.63. The van der Waals surface area contributed by atoms with Gasteiger partial charge in [0.05, 0.1) is 6.10 Å². The third kappa shape index (κ3) is 5.13. The maximum atomic E-state index is 9.00. The summed E-state index contributed by atoms with van der Waals surface area (Å²) in [6, 6.07) is 0. The Labute approximate surface area is 56.4 Å². The Balaban J connectivity index is 3.65. The highest BCUT2D eigenvalue weighted by molar-refractivity contribution is 5.02. The molecule has 0 aromatic heterocycles.